The molecule has 40 heavy (non-hydrogen) atoms. The number of fused-ring (bicyclic) bond motifs is 6. The van der Waals surface area contributed by atoms with Gasteiger partial charge in [0.15, 0.2) is 11.5 Å². The molecule has 9 nitrogen and oxygen atoms in total. The summed E-state index contributed by atoms with van der Waals surface area (Å²) in [6, 6.07) is 21.4. The van der Waals surface area contributed by atoms with Crippen LogP contribution in [0.4, 0.5) is 17.1 Å². The smallest absolute Gasteiger partial charge is 0.269 e. The van der Waals surface area contributed by atoms with E-state index in [2.05, 4.69) is 5.32 Å². The number of benzene rings is 3. The van der Waals surface area contributed by atoms with E-state index in [9.17, 15) is 24.5 Å². The Bertz CT molecular complexity index is 1740. The van der Waals surface area contributed by atoms with Crippen LogP contribution in [-0.2, 0) is 10.2 Å². The van der Waals surface area contributed by atoms with Crippen LogP contribution < -0.4 is 10.2 Å². The van der Waals surface area contributed by atoms with E-state index < -0.39 is 39.9 Å². The molecule has 1 aromatic heterocycles. The Morgan fingerprint density at radius 1 is 0.925 bits per heavy atom. The number of carbonyl (C=O) groups is 3. The van der Waals surface area contributed by atoms with Crippen LogP contribution in [0.3, 0.4) is 0 Å². The highest BCUT2D eigenvalue weighted by Crippen LogP contribution is 2.58. The van der Waals surface area contributed by atoms with E-state index in [-0.39, 0.29) is 22.9 Å². The number of nitro benzene ring substituents is 1. The molecule has 3 aliphatic rings. The van der Waals surface area contributed by atoms with Crippen LogP contribution >= 0.6 is 0 Å². The second kappa shape index (κ2) is 8.60. The molecule has 1 saturated heterocycles. The lowest BCUT2D eigenvalue weighted by atomic mass is 9.64. The van der Waals surface area contributed by atoms with E-state index >= 15 is 0 Å². The topological polar surface area (TPSA) is 123 Å². The number of nitrogens with zero attached hydrogens (tertiary/aromatic N) is 2. The molecule has 4 aromatic rings. The van der Waals surface area contributed by atoms with E-state index in [1.807, 2.05) is 53.5 Å². The number of para-hydroxylation sites is 2. The summed E-state index contributed by atoms with van der Waals surface area (Å²) in [5, 5.41) is 14.2. The zero-order valence-electron chi connectivity index (χ0n) is 20.9. The number of hydrogen-bond donors (Lipinski definition) is 1. The van der Waals surface area contributed by atoms with Gasteiger partial charge in [0.1, 0.15) is 11.5 Å². The molecule has 4 atom stereocenters. The minimum absolute atomic E-state index is 0.0418. The number of hydrogen-bond acceptors (Lipinski definition) is 7. The Kier molecular flexibility index (Phi) is 5.11. The normalized spacial score (nSPS) is 23.9. The molecule has 0 radical (unpaired) electrons. The van der Waals surface area contributed by atoms with Crippen LogP contribution in [-0.4, -0.2) is 34.5 Å². The molecule has 3 aromatic carbocycles. The standard InChI is InChI=1S/C31H21N3O6/c35-28(19-11-14-20(15-12-19)34(38)39)27-26(29(36)24-10-5-17-40-24)31(21-7-2-3-8-22(21)32-30(31)37)25-16-13-18-6-1-4-9-23(18)33(25)27/h1-17,25-27H,(H,32,37)/t25-,26+,27-,31+/m0/s1. The average Bonchev–Trinajstić information content (AvgIpc) is 3.69. The quantitative estimate of drug-likeness (QED) is 0.217. The maximum absolute atomic E-state index is 14.5. The Balaban J connectivity index is 1.51. The van der Waals surface area contributed by atoms with Crippen molar-refractivity contribution in [3.8, 4) is 0 Å². The van der Waals surface area contributed by atoms with Crippen molar-refractivity contribution in [1.82, 2.24) is 0 Å². The fourth-order valence-electron chi connectivity index (χ4n) is 6.61. The molecule has 1 spiro atoms. The van der Waals surface area contributed by atoms with Gasteiger partial charge in [0.25, 0.3) is 5.69 Å². The number of nitrogens with one attached hydrogen (secondary N) is 1. The van der Waals surface area contributed by atoms with Crippen molar-refractivity contribution in [2.45, 2.75) is 17.5 Å². The molecule has 1 amide bonds. The highest BCUT2D eigenvalue weighted by Gasteiger charge is 2.70. The van der Waals surface area contributed by atoms with Gasteiger partial charge < -0.3 is 14.6 Å². The van der Waals surface area contributed by atoms with Crippen LogP contribution in [0.2, 0.25) is 0 Å². The minimum atomic E-state index is -1.45. The van der Waals surface area contributed by atoms with Gasteiger partial charge >= 0.3 is 0 Å². The lowest BCUT2D eigenvalue weighted by Gasteiger charge is -2.37. The Labute approximate surface area is 227 Å². The summed E-state index contributed by atoms with van der Waals surface area (Å²) >= 11 is 0. The number of rotatable bonds is 5. The van der Waals surface area contributed by atoms with Crippen molar-refractivity contribution < 1.29 is 23.7 Å². The van der Waals surface area contributed by atoms with Gasteiger partial charge in [-0.25, -0.2) is 0 Å². The molecular weight excluding hydrogens is 510 g/mol. The van der Waals surface area contributed by atoms with Crippen molar-refractivity contribution in [3.05, 3.63) is 130 Å². The van der Waals surface area contributed by atoms with E-state index in [0.717, 1.165) is 5.56 Å². The molecule has 0 aliphatic carbocycles. The lowest BCUT2D eigenvalue weighted by Crippen LogP contribution is -2.51. The van der Waals surface area contributed by atoms with Gasteiger partial charge in [-0.3, -0.25) is 24.5 Å². The first-order valence-corrected chi connectivity index (χ1v) is 12.8. The summed E-state index contributed by atoms with van der Waals surface area (Å²) < 4.78 is 5.53. The van der Waals surface area contributed by atoms with E-state index in [1.165, 1.54) is 36.6 Å². The molecule has 1 N–H and O–H groups in total. The zero-order chi connectivity index (χ0) is 27.6. The first-order valence-electron chi connectivity index (χ1n) is 12.8. The number of carbonyl (C=O) groups excluding carboxylic acids is 3. The fourth-order valence-corrected chi connectivity index (χ4v) is 6.61. The summed E-state index contributed by atoms with van der Waals surface area (Å²) in [5.74, 6) is -2.41. The maximum atomic E-state index is 14.5. The largest absolute Gasteiger partial charge is 0.461 e. The van der Waals surface area contributed by atoms with Gasteiger partial charge in [-0.05, 0) is 47.5 Å². The molecule has 7 rings (SSSR count). The molecule has 1 fully saturated rings. The van der Waals surface area contributed by atoms with Crippen LogP contribution in [0.15, 0.2) is 102 Å². The third kappa shape index (κ3) is 3.11. The second-order valence-electron chi connectivity index (χ2n) is 10.1. The average molecular weight is 532 g/mol. The first kappa shape index (κ1) is 23.8. The number of Topliss-reactive ketones (excluding diaryl/α,β-unsaturated/α-hetero) is 2. The molecule has 0 unspecified atom stereocenters. The number of ketones is 2. The Morgan fingerprint density at radius 3 is 2.42 bits per heavy atom. The minimum Gasteiger partial charge on any atom is -0.461 e. The number of anilines is 2. The van der Waals surface area contributed by atoms with Gasteiger partial charge in [0.2, 0.25) is 11.7 Å². The summed E-state index contributed by atoms with van der Waals surface area (Å²) in [5.41, 5.74) is 1.35. The number of amides is 1. The van der Waals surface area contributed by atoms with E-state index in [4.69, 9.17) is 4.42 Å². The maximum Gasteiger partial charge on any atom is 0.269 e. The van der Waals surface area contributed by atoms with Crippen molar-refractivity contribution in [2.24, 2.45) is 5.92 Å². The van der Waals surface area contributed by atoms with Crippen LogP contribution in [0.5, 0.6) is 0 Å². The van der Waals surface area contributed by atoms with Crippen molar-refractivity contribution in [1.29, 1.82) is 0 Å². The number of furan rings is 1. The monoisotopic (exact) mass is 531 g/mol. The number of nitro groups is 1. The van der Waals surface area contributed by atoms with Gasteiger partial charge in [-0.15, -0.1) is 0 Å². The highest BCUT2D eigenvalue weighted by molar-refractivity contribution is 6.18. The van der Waals surface area contributed by atoms with Gasteiger partial charge in [-0.1, -0.05) is 48.6 Å². The summed E-state index contributed by atoms with van der Waals surface area (Å²) in [7, 11) is 0. The van der Waals surface area contributed by atoms with Crippen molar-refractivity contribution in [2.75, 3.05) is 10.2 Å². The first-order chi connectivity index (χ1) is 19.4. The number of non-ortho nitro benzene ring substituents is 1. The van der Waals surface area contributed by atoms with E-state index in [1.54, 1.807) is 18.2 Å². The van der Waals surface area contributed by atoms with Crippen LogP contribution in [0.1, 0.15) is 32.0 Å². The Hall–Kier alpha value is -5.31. The van der Waals surface area contributed by atoms with Gasteiger partial charge in [0, 0.05) is 29.1 Å². The molecule has 9 heteroatoms. The summed E-state index contributed by atoms with van der Waals surface area (Å²) in [4.78, 5) is 55.7. The molecule has 0 saturated carbocycles. The molecule has 3 aliphatic heterocycles. The SMILES string of the molecule is O=C(c1ccc([N+](=O)[O-])cc1)[C@@H]1[C@H](C(=O)c2ccco2)[C@]2(C(=O)Nc3ccccc32)[C@@H]2C=Cc3ccccc3N12. The zero-order valence-corrected chi connectivity index (χ0v) is 20.9. The van der Waals surface area contributed by atoms with Crippen molar-refractivity contribution >= 4 is 40.6 Å². The lowest BCUT2D eigenvalue weighted by molar-refractivity contribution is -0.384. The second-order valence-corrected chi connectivity index (χ2v) is 10.1. The third-order valence-electron chi connectivity index (χ3n) is 8.22. The summed E-state index contributed by atoms with van der Waals surface area (Å²) in [6.07, 6.45) is 5.18. The highest BCUT2D eigenvalue weighted by atomic mass is 16.6. The fraction of sp³-hybridized carbons (Fsp3) is 0.129. The Morgan fingerprint density at radius 2 is 1.68 bits per heavy atom. The van der Waals surface area contributed by atoms with Crippen LogP contribution in [0, 0.1) is 16.0 Å². The summed E-state index contributed by atoms with van der Waals surface area (Å²) in [6.45, 7) is 0. The predicted octanol–water partition coefficient (Wildman–Crippen LogP) is 5.04. The van der Waals surface area contributed by atoms with Gasteiger partial charge in [0.05, 0.1) is 23.1 Å². The van der Waals surface area contributed by atoms with Crippen molar-refractivity contribution in [3.63, 3.8) is 0 Å². The molecule has 196 valence electrons. The predicted molar refractivity (Wildman–Crippen MR) is 146 cm³/mol. The third-order valence-corrected chi connectivity index (χ3v) is 8.22. The molecule has 4 heterocycles. The van der Waals surface area contributed by atoms with E-state index in [0.29, 0.717) is 16.9 Å². The molecule has 0 bridgehead atoms. The molecular formula is C31H21N3O6. The van der Waals surface area contributed by atoms with Crippen LogP contribution in [0.25, 0.3) is 6.08 Å². The van der Waals surface area contributed by atoms with Gasteiger partial charge in [-0.2, -0.15) is 0 Å².